The molecule has 0 unspecified atom stereocenters. The molecule has 2 N–H and O–H groups in total. The molecule has 6 nitrogen and oxygen atoms in total. The largest absolute Gasteiger partial charge is 0.328 e. The van der Waals surface area contributed by atoms with Gasteiger partial charge in [0.1, 0.15) is 5.56 Å². The number of H-pyrrole nitrogens is 1. The van der Waals surface area contributed by atoms with Crippen molar-refractivity contribution in [3.8, 4) is 0 Å². The van der Waals surface area contributed by atoms with Crippen molar-refractivity contribution in [1.82, 2.24) is 9.55 Å². The molecule has 27 heavy (non-hydrogen) atoms. The molecule has 0 atom stereocenters. The van der Waals surface area contributed by atoms with Gasteiger partial charge in [0.25, 0.3) is 11.5 Å². The van der Waals surface area contributed by atoms with Crippen molar-refractivity contribution in [2.45, 2.75) is 6.54 Å². The van der Waals surface area contributed by atoms with Crippen LogP contribution in [-0.2, 0) is 6.54 Å². The fourth-order valence-electron chi connectivity index (χ4n) is 2.40. The molecule has 138 valence electrons. The molecule has 0 fully saturated rings. The average Bonchev–Trinajstić information content (AvgIpc) is 2.64. The fraction of sp³-hybridized carbons (Fsp3) is 0.0556. The van der Waals surface area contributed by atoms with Crippen molar-refractivity contribution in [3.63, 3.8) is 0 Å². The van der Waals surface area contributed by atoms with Crippen LogP contribution in [0.15, 0.2) is 58.3 Å². The lowest BCUT2D eigenvalue weighted by Gasteiger charge is -2.10. The van der Waals surface area contributed by atoms with E-state index in [9.17, 15) is 14.4 Å². The van der Waals surface area contributed by atoms with Crippen LogP contribution in [0.3, 0.4) is 0 Å². The molecule has 3 aromatic rings. The van der Waals surface area contributed by atoms with E-state index >= 15 is 0 Å². The second-order valence-corrected chi connectivity index (χ2v) is 6.74. The average molecular weight is 425 g/mol. The number of anilines is 1. The van der Waals surface area contributed by atoms with E-state index in [4.69, 9.17) is 34.8 Å². The molecule has 0 spiro atoms. The molecule has 0 radical (unpaired) electrons. The molecule has 0 saturated carbocycles. The minimum absolute atomic E-state index is 0.0765. The van der Waals surface area contributed by atoms with Gasteiger partial charge in [-0.25, -0.2) is 4.79 Å². The van der Waals surface area contributed by atoms with E-state index in [-0.39, 0.29) is 27.8 Å². The van der Waals surface area contributed by atoms with Crippen molar-refractivity contribution in [2.75, 3.05) is 5.32 Å². The Labute approximate surface area is 168 Å². The van der Waals surface area contributed by atoms with Crippen LogP contribution in [0, 0.1) is 0 Å². The van der Waals surface area contributed by atoms with Gasteiger partial charge >= 0.3 is 5.69 Å². The minimum Gasteiger partial charge on any atom is -0.320 e. The van der Waals surface area contributed by atoms with E-state index in [1.165, 1.54) is 0 Å². The van der Waals surface area contributed by atoms with Gasteiger partial charge < -0.3 is 10.3 Å². The smallest absolute Gasteiger partial charge is 0.320 e. The number of benzene rings is 2. The van der Waals surface area contributed by atoms with E-state index in [1.54, 1.807) is 42.5 Å². The Morgan fingerprint density at radius 1 is 1.00 bits per heavy atom. The van der Waals surface area contributed by atoms with Crippen molar-refractivity contribution in [1.29, 1.82) is 0 Å². The lowest BCUT2D eigenvalue weighted by Crippen LogP contribution is -2.39. The first-order valence-corrected chi connectivity index (χ1v) is 8.83. The molecule has 0 aliphatic carbocycles. The normalized spacial score (nSPS) is 10.6. The van der Waals surface area contributed by atoms with Crippen LogP contribution in [0.25, 0.3) is 0 Å². The highest BCUT2D eigenvalue weighted by Crippen LogP contribution is 2.29. The maximum Gasteiger partial charge on any atom is 0.328 e. The minimum atomic E-state index is -0.755. The van der Waals surface area contributed by atoms with Crippen LogP contribution in [0.1, 0.15) is 15.9 Å². The summed E-state index contributed by atoms with van der Waals surface area (Å²) >= 11 is 18.0. The SMILES string of the molecule is O=C(Nc1cccc(Cl)c1Cl)c1c[nH]c(=O)n(Cc2ccccc2Cl)c1=O. The van der Waals surface area contributed by atoms with Gasteiger partial charge in [0.2, 0.25) is 0 Å². The number of hydrogen-bond donors (Lipinski definition) is 2. The van der Waals surface area contributed by atoms with Gasteiger partial charge in [-0.1, -0.05) is 59.1 Å². The van der Waals surface area contributed by atoms with Crippen molar-refractivity contribution in [2.24, 2.45) is 0 Å². The summed E-state index contributed by atoms with van der Waals surface area (Å²) in [5, 5.41) is 3.32. The quantitative estimate of drug-likeness (QED) is 0.668. The molecule has 0 bridgehead atoms. The van der Waals surface area contributed by atoms with Crippen LogP contribution in [0.4, 0.5) is 5.69 Å². The van der Waals surface area contributed by atoms with Crippen molar-refractivity contribution < 1.29 is 4.79 Å². The van der Waals surface area contributed by atoms with E-state index < -0.39 is 17.2 Å². The Morgan fingerprint density at radius 3 is 2.44 bits per heavy atom. The number of amides is 1. The van der Waals surface area contributed by atoms with E-state index in [0.29, 0.717) is 10.6 Å². The third-order valence-electron chi connectivity index (χ3n) is 3.79. The highest BCUT2D eigenvalue weighted by atomic mass is 35.5. The second-order valence-electron chi connectivity index (χ2n) is 5.55. The summed E-state index contributed by atoms with van der Waals surface area (Å²) in [6.45, 7) is -0.0765. The number of halogens is 3. The summed E-state index contributed by atoms with van der Waals surface area (Å²) in [5.74, 6) is -0.728. The number of nitrogens with zero attached hydrogens (tertiary/aromatic N) is 1. The molecule has 1 heterocycles. The van der Waals surface area contributed by atoms with Crippen LogP contribution in [0.2, 0.25) is 15.1 Å². The van der Waals surface area contributed by atoms with Gasteiger partial charge in [-0.15, -0.1) is 0 Å². The van der Waals surface area contributed by atoms with Gasteiger partial charge in [0.05, 0.1) is 22.3 Å². The van der Waals surface area contributed by atoms with Crippen LogP contribution < -0.4 is 16.6 Å². The number of aromatic nitrogens is 2. The standard InChI is InChI=1S/C18H12Cl3N3O3/c19-12-5-2-1-4-10(12)9-24-17(26)11(8-22-18(24)27)16(25)23-14-7-3-6-13(20)15(14)21/h1-8H,9H2,(H,22,27)(H,23,25). The van der Waals surface area contributed by atoms with Gasteiger partial charge in [0, 0.05) is 11.2 Å². The summed E-state index contributed by atoms with van der Waals surface area (Å²) in [6.07, 6.45) is 1.06. The van der Waals surface area contributed by atoms with Crippen LogP contribution >= 0.6 is 34.8 Å². The molecular formula is C18H12Cl3N3O3. The van der Waals surface area contributed by atoms with Crippen LogP contribution in [0.5, 0.6) is 0 Å². The Hall–Kier alpha value is -2.54. The number of nitrogens with one attached hydrogen (secondary N) is 2. The highest BCUT2D eigenvalue weighted by molar-refractivity contribution is 6.44. The monoisotopic (exact) mass is 423 g/mol. The summed E-state index contributed by atoms with van der Waals surface area (Å²) in [7, 11) is 0. The summed E-state index contributed by atoms with van der Waals surface area (Å²) in [4.78, 5) is 39.6. The molecular weight excluding hydrogens is 413 g/mol. The van der Waals surface area contributed by atoms with E-state index in [2.05, 4.69) is 10.3 Å². The number of aromatic amines is 1. The van der Waals surface area contributed by atoms with Gasteiger partial charge in [0.15, 0.2) is 0 Å². The molecule has 0 aliphatic heterocycles. The molecule has 1 aromatic heterocycles. The fourth-order valence-corrected chi connectivity index (χ4v) is 2.95. The Bertz CT molecular complexity index is 1140. The van der Waals surface area contributed by atoms with Crippen molar-refractivity contribution >= 4 is 46.4 Å². The first-order chi connectivity index (χ1) is 12.9. The summed E-state index contributed by atoms with van der Waals surface area (Å²) < 4.78 is 0.899. The predicted molar refractivity (Wildman–Crippen MR) is 106 cm³/mol. The zero-order valence-electron chi connectivity index (χ0n) is 13.6. The van der Waals surface area contributed by atoms with E-state index in [0.717, 1.165) is 10.8 Å². The third-order valence-corrected chi connectivity index (χ3v) is 4.98. The van der Waals surface area contributed by atoms with Crippen molar-refractivity contribution in [3.05, 3.63) is 95.7 Å². The zero-order chi connectivity index (χ0) is 19.6. The number of carbonyl (C=O) groups is 1. The molecule has 9 heteroatoms. The number of carbonyl (C=O) groups excluding carboxylic acids is 1. The number of hydrogen-bond acceptors (Lipinski definition) is 3. The van der Waals surface area contributed by atoms with Gasteiger partial charge in [-0.2, -0.15) is 0 Å². The van der Waals surface area contributed by atoms with Crippen LogP contribution in [-0.4, -0.2) is 15.5 Å². The first-order valence-electron chi connectivity index (χ1n) is 7.70. The lowest BCUT2D eigenvalue weighted by molar-refractivity contribution is 0.102. The molecule has 2 aromatic carbocycles. The third kappa shape index (κ3) is 4.08. The lowest BCUT2D eigenvalue weighted by atomic mass is 10.2. The Balaban J connectivity index is 1.96. The Morgan fingerprint density at radius 2 is 1.70 bits per heavy atom. The maximum atomic E-state index is 12.7. The zero-order valence-corrected chi connectivity index (χ0v) is 15.9. The second kappa shape index (κ2) is 8.00. The predicted octanol–water partition coefficient (Wildman–Crippen LogP) is 3.80. The topological polar surface area (TPSA) is 84.0 Å². The Kier molecular flexibility index (Phi) is 5.70. The van der Waals surface area contributed by atoms with Gasteiger partial charge in [-0.3, -0.25) is 14.2 Å². The molecule has 0 saturated heterocycles. The molecule has 3 rings (SSSR count). The van der Waals surface area contributed by atoms with E-state index in [1.807, 2.05) is 0 Å². The first kappa shape index (κ1) is 19.2. The highest BCUT2D eigenvalue weighted by Gasteiger charge is 2.17. The maximum absolute atomic E-state index is 12.7. The summed E-state index contributed by atoms with van der Waals surface area (Å²) in [5.41, 5.74) is -0.844. The molecule has 0 aliphatic rings. The van der Waals surface area contributed by atoms with Gasteiger partial charge in [-0.05, 0) is 23.8 Å². The number of rotatable bonds is 4. The summed E-state index contributed by atoms with van der Waals surface area (Å²) in [6, 6.07) is 11.5. The molecule has 1 amide bonds.